The number of aliphatic hydroxyl groups excluding tert-OH is 2. The van der Waals surface area contributed by atoms with Crippen LogP contribution in [0.1, 0.15) is 31.4 Å². The van der Waals surface area contributed by atoms with Gasteiger partial charge in [0.1, 0.15) is 12.2 Å². The Morgan fingerprint density at radius 1 is 1.29 bits per heavy atom. The first-order chi connectivity index (χ1) is 8.16. The zero-order valence-corrected chi connectivity index (χ0v) is 10.7. The van der Waals surface area contributed by atoms with E-state index < -0.39 is 12.2 Å². The van der Waals surface area contributed by atoms with E-state index in [2.05, 4.69) is 6.92 Å². The Hall–Kier alpha value is -0.610. The summed E-state index contributed by atoms with van der Waals surface area (Å²) in [5.74, 6) is 0. The summed E-state index contributed by atoms with van der Waals surface area (Å²) in [5, 5.41) is 20.1. The van der Waals surface area contributed by atoms with Crippen LogP contribution in [-0.4, -0.2) is 29.5 Å². The van der Waals surface area contributed by atoms with Gasteiger partial charge in [0.25, 0.3) is 0 Å². The monoisotopic (exact) mass is 258 g/mol. The normalized spacial score (nSPS) is 14.6. The van der Waals surface area contributed by atoms with Crippen molar-refractivity contribution in [2.45, 2.75) is 32.0 Å². The van der Waals surface area contributed by atoms with Crippen LogP contribution in [0.4, 0.5) is 0 Å². The molecule has 0 unspecified atom stereocenters. The molecule has 0 amide bonds. The fourth-order valence-corrected chi connectivity index (χ4v) is 1.71. The molecule has 0 bridgehead atoms. The van der Waals surface area contributed by atoms with E-state index in [1.807, 2.05) is 0 Å². The lowest BCUT2D eigenvalue weighted by atomic mass is 10.1. The maximum atomic E-state index is 9.91. The third-order valence-electron chi connectivity index (χ3n) is 2.52. The third-order valence-corrected chi connectivity index (χ3v) is 2.86. The Labute approximate surface area is 107 Å². The highest BCUT2D eigenvalue weighted by Gasteiger charge is 2.20. The van der Waals surface area contributed by atoms with Crippen LogP contribution in [0.25, 0.3) is 0 Å². The van der Waals surface area contributed by atoms with E-state index in [0.29, 0.717) is 17.2 Å². The number of aliphatic hydroxyl groups is 2. The van der Waals surface area contributed by atoms with Gasteiger partial charge in [-0.15, -0.1) is 0 Å². The van der Waals surface area contributed by atoms with E-state index in [4.69, 9.17) is 16.3 Å². The highest BCUT2D eigenvalue weighted by molar-refractivity contribution is 6.31. The molecule has 0 fully saturated rings. The number of ether oxygens (including phenoxy) is 1. The standard InChI is InChI=1S/C13H19ClO3/c1-2-3-8-17-9-12(15)13(16)10-6-4-5-7-11(10)14/h4-7,12-13,15-16H,2-3,8-9H2,1H3/t12-,13+/m1/s1. The molecular weight excluding hydrogens is 240 g/mol. The maximum Gasteiger partial charge on any atom is 0.109 e. The molecule has 1 aromatic rings. The minimum atomic E-state index is -1.01. The number of halogens is 1. The fraction of sp³-hybridized carbons (Fsp3) is 0.538. The van der Waals surface area contributed by atoms with Gasteiger partial charge in [0.15, 0.2) is 0 Å². The fourth-order valence-electron chi connectivity index (χ4n) is 1.46. The Morgan fingerprint density at radius 2 is 2.00 bits per heavy atom. The van der Waals surface area contributed by atoms with Crippen molar-refractivity contribution in [1.82, 2.24) is 0 Å². The van der Waals surface area contributed by atoms with Crippen molar-refractivity contribution >= 4 is 11.6 Å². The van der Waals surface area contributed by atoms with Gasteiger partial charge in [-0.3, -0.25) is 0 Å². The second-order valence-electron chi connectivity index (χ2n) is 3.96. The lowest BCUT2D eigenvalue weighted by molar-refractivity contribution is -0.0395. The van der Waals surface area contributed by atoms with Gasteiger partial charge in [-0.1, -0.05) is 43.1 Å². The average molecular weight is 259 g/mol. The van der Waals surface area contributed by atoms with E-state index >= 15 is 0 Å². The number of unbranched alkanes of at least 4 members (excludes halogenated alkanes) is 1. The summed E-state index contributed by atoms with van der Waals surface area (Å²) in [6.07, 6.45) is 0.0371. The highest BCUT2D eigenvalue weighted by Crippen LogP contribution is 2.25. The molecule has 0 spiro atoms. The van der Waals surface area contributed by atoms with Crippen molar-refractivity contribution in [3.63, 3.8) is 0 Å². The van der Waals surface area contributed by atoms with E-state index in [0.717, 1.165) is 12.8 Å². The van der Waals surface area contributed by atoms with E-state index in [-0.39, 0.29) is 6.61 Å². The second-order valence-corrected chi connectivity index (χ2v) is 4.37. The van der Waals surface area contributed by atoms with Crippen LogP contribution in [-0.2, 0) is 4.74 Å². The maximum absolute atomic E-state index is 9.91. The molecule has 0 heterocycles. The average Bonchev–Trinajstić information content (AvgIpc) is 2.34. The predicted molar refractivity (Wildman–Crippen MR) is 68.1 cm³/mol. The zero-order chi connectivity index (χ0) is 12.7. The minimum Gasteiger partial charge on any atom is -0.388 e. The van der Waals surface area contributed by atoms with Crippen molar-refractivity contribution in [2.24, 2.45) is 0 Å². The van der Waals surface area contributed by atoms with Crippen LogP contribution >= 0.6 is 11.6 Å². The number of hydrogen-bond donors (Lipinski definition) is 2. The molecule has 0 radical (unpaired) electrons. The first-order valence-corrected chi connectivity index (χ1v) is 6.23. The van der Waals surface area contributed by atoms with E-state index in [1.165, 1.54) is 0 Å². The molecule has 2 N–H and O–H groups in total. The predicted octanol–water partition coefficient (Wildman–Crippen LogP) is 2.55. The summed E-state index contributed by atoms with van der Waals surface area (Å²) in [5.41, 5.74) is 0.528. The van der Waals surface area contributed by atoms with Gasteiger partial charge < -0.3 is 14.9 Å². The van der Waals surface area contributed by atoms with Crippen molar-refractivity contribution in [3.8, 4) is 0 Å². The van der Waals surface area contributed by atoms with E-state index in [1.54, 1.807) is 24.3 Å². The Morgan fingerprint density at radius 3 is 2.65 bits per heavy atom. The minimum absolute atomic E-state index is 0.117. The Balaban J connectivity index is 2.46. The molecule has 17 heavy (non-hydrogen) atoms. The van der Waals surface area contributed by atoms with Crippen molar-refractivity contribution in [2.75, 3.05) is 13.2 Å². The summed E-state index contributed by atoms with van der Waals surface area (Å²) in [4.78, 5) is 0. The summed E-state index contributed by atoms with van der Waals surface area (Å²) in [7, 11) is 0. The molecule has 0 saturated carbocycles. The van der Waals surface area contributed by atoms with Crippen molar-refractivity contribution in [3.05, 3.63) is 34.9 Å². The van der Waals surface area contributed by atoms with Crippen LogP contribution in [0.3, 0.4) is 0 Å². The Kier molecular flexibility index (Phi) is 6.52. The van der Waals surface area contributed by atoms with Gasteiger partial charge >= 0.3 is 0 Å². The first kappa shape index (κ1) is 14.5. The largest absolute Gasteiger partial charge is 0.388 e. The lowest BCUT2D eigenvalue weighted by Crippen LogP contribution is -2.24. The highest BCUT2D eigenvalue weighted by atomic mass is 35.5. The number of hydrogen-bond acceptors (Lipinski definition) is 3. The van der Waals surface area contributed by atoms with Gasteiger partial charge in [0, 0.05) is 17.2 Å². The number of benzene rings is 1. The quantitative estimate of drug-likeness (QED) is 0.739. The van der Waals surface area contributed by atoms with Gasteiger partial charge in [-0.2, -0.15) is 0 Å². The third kappa shape index (κ3) is 4.64. The van der Waals surface area contributed by atoms with E-state index in [9.17, 15) is 10.2 Å². The zero-order valence-electron chi connectivity index (χ0n) is 9.97. The molecule has 0 aromatic heterocycles. The molecule has 0 aliphatic carbocycles. The summed E-state index contributed by atoms with van der Waals surface area (Å²) in [6.45, 7) is 2.79. The van der Waals surface area contributed by atoms with Crippen LogP contribution in [0, 0.1) is 0 Å². The molecular formula is C13H19ClO3. The second kappa shape index (κ2) is 7.67. The molecule has 0 aliphatic heterocycles. The molecule has 1 rings (SSSR count). The SMILES string of the molecule is CCCCOC[C@@H](O)[C@@H](O)c1ccccc1Cl. The molecule has 3 nitrogen and oxygen atoms in total. The lowest BCUT2D eigenvalue weighted by Gasteiger charge is -2.19. The van der Waals surface area contributed by atoms with Crippen LogP contribution in [0.5, 0.6) is 0 Å². The van der Waals surface area contributed by atoms with Crippen LogP contribution in [0.2, 0.25) is 5.02 Å². The van der Waals surface area contributed by atoms with Crippen molar-refractivity contribution < 1.29 is 14.9 Å². The topological polar surface area (TPSA) is 49.7 Å². The molecule has 96 valence electrons. The summed E-state index contributed by atoms with van der Waals surface area (Å²) >= 11 is 5.94. The first-order valence-electron chi connectivity index (χ1n) is 5.85. The molecule has 0 aliphatic rings. The van der Waals surface area contributed by atoms with Gasteiger partial charge in [0.2, 0.25) is 0 Å². The van der Waals surface area contributed by atoms with Gasteiger partial charge in [0.05, 0.1) is 6.61 Å². The summed E-state index contributed by atoms with van der Waals surface area (Å²) < 4.78 is 5.27. The van der Waals surface area contributed by atoms with Gasteiger partial charge in [-0.25, -0.2) is 0 Å². The molecule has 2 atom stereocenters. The summed E-state index contributed by atoms with van der Waals surface area (Å²) in [6, 6.07) is 6.94. The van der Waals surface area contributed by atoms with Gasteiger partial charge in [-0.05, 0) is 12.5 Å². The van der Waals surface area contributed by atoms with Crippen LogP contribution < -0.4 is 0 Å². The Bertz CT molecular complexity index is 330. The molecule has 0 saturated heterocycles. The number of rotatable bonds is 7. The van der Waals surface area contributed by atoms with Crippen molar-refractivity contribution in [1.29, 1.82) is 0 Å². The van der Waals surface area contributed by atoms with Crippen LogP contribution in [0.15, 0.2) is 24.3 Å². The molecule has 4 heteroatoms. The molecule has 1 aromatic carbocycles. The smallest absolute Gasteiger partial charge is 0.109 e.